The number of aromatic amines is 1. The Morgan fingerprint density at radius 2 is 1.78 bits per heavy atom. The molecule has 1 saturated heterocycles. The summed E-state index contributed by atoms with van der Waals surface area (Å²) in [5.41, 5.74) is 7.39. The van der Waals surface area contributed by atoms with Crippen molar-refractivity contribution in [2.24, 2.45) is 0 Å². The van der Waals surface area contributed by atoms with E-state index in [1.54, 1.807) is 19.2 Å². The SMILES string of the molecule is Cc1ccc(S(=O)(=O)N2CCCCC2)cc1C(=O)NNC(=O)Cc1c[nH]c2ccccc12. The van der Waals surface area contributed by atoms with Gasteiger partial charge in [-0.3, -0.25) is 20.4 Å². The molecule has 168 valence electrons. The van der Waals surface area contributed by atoms with E-state index in [0.717, 1.165) is 35.7 Å². The Labute approximate surface area is 187 Å². The summed E-state index contributed by atoms with van der Waals surface area (Å²) in [6.07, 6.45) is 4.55. The van der Waals surface area contributed by atoms with Gasteiger partial charge in [0.2, 0.25) is 15.9 Å². The number of nitrogens with zero attached hydrogens (tertiary/aromatic N) is 1. The van der Waals surface area contributed by atoms with Crippen LogP contribution in [0.4, 0.5) is 0 Å². The van der Waals surface area contributed by atoms with Crippen LogP contribution in [0.2, 0.25) is 0 Å². The van der Waals surface area contributed by atoms with Crippen LogP contribution in [-0.4, -0.2) is 42.6 Å². The maximum atomic E-state index is 12.9. The van der Waals surface area contributed by atoms with Gasteiger partial charge in [0.25, 0.3) is 5.91 Å². The molecule has 0 spiro atoms. The molecule has 1 fully saturated rings. The van der Waals surface area contributed by atoms with Gasteiger partial charge in [-0.15, -0.1) is 0 Å². The topological polar surface area (TPSA) is 111 Å². The number of H-pyrrole nitrogens is 1. The first-order chi connectivity index (χ1) is 15.4. The molecule has 9 heteroatoms. The Morgan fingerprint density at radius 3 is 2.56 bits per heavy atom. The summed E-state index contributed by atoms with van der Waals surface area (Å²) in [6.45, 7) is 2.70. The van der Waals surface area contributed by atoms with Crippen molar-refractivity contribution >= 4 is 32.7 Å². The lowest BCUT2D eigenvalue weighted by molar-refractivity contribution is -0.121. The van der Waals surface area contributed by atoms with Crippen LogP contribution in [0, 0.1) is 6.92 Å². The quantitative estimate of drug-likeness (QED) is 0.515. The molecule has 3 N–H and O–H groups in total. The minimum Gasteiger partial charge on any atom is -0.361 e. The van der Waals surface area contributed by atoms with E-state index in [9.17, 15) is 18.0 Å². The summed E-state index contributed by atoms with van der Waals surface area (Å²) in [4.78, 5) is 28.3. The van der Waals surface area contributed by atoms with Crippen molar-refractivity contribution in [1.82, 2.24) is 20.1 Å². The van der Waals surface area contributed by atoms with Gasteiger partial charge in [0.1, 0.15) is 0 Å². The lowest BCUT2D eigenvalue weighted by atomic mass is 10.1. The minimum absolute atomic E-state index is 0.0836. The molecule has 0 atom stereocenters. The van der Waals surface area contributed by atoms with Gasteiger partial charge in [0.05, 0.1) is 11.3 Å². The number of benzene rings is 2. The number of piperidine rings is 1. The molecule has 1 aliphatic rings. The zero-order valence-corrected chi connectivity index (χ0v) is 18.7. The molecule has 1 aliphatic heterocycles. The standard InChI is InChI=1S/C23H26N4O4S/c1-16-9-10-18(32(30,31)27-11-5-2-6-12-27)14-20(16)23(29)26-25-22(28)13-17-15-24-21-8-4-3-7-19(17)21/h3-4,7-10,14-15,24H,2,5-6,11-13H2,1H3,(H,25,28)(H,26,29). The van der Waals surface area contributed by atoms with Gasteiger partial charge in [-0.2, -0.15) is 4.31 Å². The smallest absolute Gasteiger partial charge is 0.269 e. The van der Waals surface area contributed by atoms with Crippen LogP contribution in [0.1, 0.15) is 40.7 Å². The summed E-state index contributed by atoms with van der Waals surface area (Å²) in [5, 5.41) is 0.945. The first-order valence-electron chi connectivity index (χ1n) is 10.6. The molecule has 8 nitrogen and oxygen atoms in total. The molecule has 0 saturated carbocycles. The van der Waals surface area contributed by atoms with Gasteiger partial charge in [0, 0.05) is 35.8 Å². The zero-order valence-electron chi connectivity index (χ0n) is 17.8. The molecule has 2 amide bonds. The fourth-order valence-electron chi connectivity index (χ4n) is 3.95. The van der Waals surface area contributed by atoms with Crippen LogP contribution in [0.15, 0.2) is 53.6 Å². The third kappa shape index (κ3) is 4.53. The fourth-order valence-corrected chi connectivity index (χ4v) is 5.49. The van der Waals surface area contributed by atoms with Gasteiger partial charge in [0.15, 0.2) is 0 Å². The molecule has 2 aromatic carbocycles. The largest absolute Gasteiger partial charge is 0.361 e. The van der Waals surface area contributed by atoms with E-state index in [0.29, 0.717) is 18.7 Å². The number of sulfonamides is 1. The molecular formula is C23H26N4O4S. The lowest BCUT2D eigenvalue weighted by Gasteiger charge is -2.26. The second-order valence-corrected chi connectivity index (χ2v) is 9.92. The molecule has 3 aromatic rings. The number of para-hydroxylation sites is 1. The highest BCUT2D eigenvalue weighted by Gasteiger charge is 2.27. The fraction of sp³-hybridized carbons (Fsp3) is 0.304. The second kappa shape index (κ2) is 9.13. The van der Waals surface area contributed by atoms with Crippen molar-refractivity contribution in [1.29, 1.82) is 0 Å². The number of hydrogen-bond acceptors (Lipinski definition) is 4. The lowest BCUT2D eigenvalue weighted by Crippen LogP contribution is -2.42. The average Bonchev–Trinajstić information content (AvgIpc) is 3.21. The van der Waals surface area contributed by atoms with Crippen molar-refractivity contribution in [2.45, 2.75) is 37.5 Å². The van der Waals surface area contributed by atoms with Crippen molar-refractivity contribution in [3.8, 4) is 0 Å². The predicted octanol–water partition coefficient (Wildman–Crippen LogP) is 2.65. The monoisotopic (exact) mass is 454 g/mol. The van der Waals surface area contributed by atoms with Crippen LogP contribution in [0.25, 0.3) is 10.9 Å². The van der Waals surface area contributed by atoms with Gasteiger partial charge in [-0.25, -0.2) is 8.42 Å². The van der Waals surface area contributed by atoms with E-state index in [2.05, 4.69) is 15.8 Å². The molecule has 4 rings (SSSR count). The van der Waals surface area contributed by atoms with Gasteiger partial charge in [-0.05, 0) is 49.1 Å². The van der Waals surface area contributed by atoms with Gasteiger partial charge >= 0.3 is 0 Å². The Balaban J connectivity index is 1.44. The summed E-state index contributed by atoms with van der Waals surface area (Å²) >= 11 is 0. The second-order valence-electron chi connectivity index (χ2n) is 7.98. The van der Waals surface area contributed by atoms with Crippen molar-refractivity contribution in [2.75, 3.05) is 13.1 Å². The maximum Gasteiger partial charge on any atom is 0.269 e. The van der Waals surface area contributed by atoms with E-state index in [1.165, 1.54) is 16.4 Å². The number of aryl methyl sites for hydroxylation is 1. The summed E-state index contributed by atoms with van der Waals surface area (Å²) in [7, 11) is -3.66. The van der Waals surface area contributed by atoms with Crippen LogP contribution >= 0.6 is 0 Å². The number of hydrogen-bond donors (Lipinski definition) is 3. The Morgan fingerprint density at radius 1 is 1.03 bits per heavy atom. The molecule has 0 radical (unpaired) electrons. The zero-order chi connectivity index (χ0) is 22.7. The first kappa shape index (κ1) is 22.0. The Bertz CT molecular complexity index is 1260. The minimum atomic E-state index is -3.66. The molecule has 1 aromatic heterocycles. The number of hydrazine groups is 1. The molecule has 32 heavy (non-hydrogen) atoms. The number of fused-ring (bicyclic) bond motifs is 1. The Hall–Kier alpha value is -3.17. The van der Waals surface area contributed by atoms with Crippen LogP contribution in [0.5, 0.6) is 0 Å². The highest BCUT2D eigenvalue weighted by atomic mass is 32.2. The highest BCUT2D eigenvalue weighted by Crippen LogP contribution is 2.23. The van der Waals surface area contributed by atoms with Crippen LogP contribution in [-0.2, 0) is 21.2 Å². The number of nitrogens with one attached hydrogen (secondary N) is 3. The summed E-state index contributed by atoms with van der Waals surface area (Å²) < 4.78 is 27.4. The third-order valence-electron chi connectivity index (χ3n) is 5.75. The average molecular weight is 455 g/mol. The summed E-state index contributed by atoms with van der Waals surface area (Å²) in [5.74, 6) is -0.941. The first-order valence-corrected chi connectivity index (χ1v) is 12.1. The number of rotatable bonds is 5. The third-order valence-corrected chi connectivity index (χ3v) is 7.64. The number of carbonyl (C=O) groups excluding carboxylic acids is 2. The molecule has 0 bridgehead atoms. The number of carbonyl (C=O) groups is 2. The van der Waals surface area contributed by atoms with Crippen molar-refractivity contribution in [3.63, 3.8) is 0 Å². The Kier molecular flexibility index (Phi) is 6.29. The van der Waals surface area contributed by atoms with Crippen molar-refractivity contribution < 1.29 is 18.0 Å². The number of aromatic nitrogens is 1. The van der Waals surface area contributed by atoms with E-state index in [-0.39, 0.29) is 22.8 Å². The van der Waals surface area contributed by atoms with Crippen LogP contribution < -0.4 is 10.9 Å². The molecule has 2 heterocycles. The van der Waals surface area contributed by atoms with E-state index < -0.39 is 15.9 Å². The molecular weight excluding hydrogens is 428 g/mol. The maximum absolute atomic E-state index is 12.9. The molecule has 0 unspecified atom stereocenters. The summed E-state index contributed by atoms with van der Waals surface area (Å²) in [6, 6.07) is 12.2. The van der Waals surface area contributed by atoms with Gasteiger partial charge in [-0.1, -0.05) is 30.7 Å². The van der Waals surface area contributed by atoms with Crippen molar-refractivity contribution in [3.05, 3.63) is 65.4 Å². The van der Waals surface area contributed by atoms with Crippen LogP contribution in [0.3, 0.4) is 0 Å². The predicted molar refractivity (Wildman–Crippen MR) is 121 cm³/mol. The van der Waals surface area contributed by atoms with E-state index in [4.69, 9.17) is 0 Å². The van der Waals surface area contributed by atoms with E-state index >= 15 is 0 Å². The van der Waals surface area contributed by atoms with Gasteiger partial charge < -0.3 is 4.98 Å². The number of amides is 2. The normalized spacial score (nSPS) is 14.9. The van der Waals surface area contributed by atoms with E-state index in [1.807, 2.05) is 24.3 Å². The molecule has 0 aliphatic carbocycles. The highest BCUT2D eigenvalue weighted by molar-refractivity contribution is 7.89.